The van der Waals surface area contributed by atoms with E-state index in [1.165, 1.54) is 5.39 Å². The van der Waals surface area contributed by atoms with Crippen molar-refractivity contribution in [1.82, 2.24) is 10.3 Å². The van der Waals surface area contributed by atoms with Crippen molar-refractivity contribution in [2.45, 2.75) is 26.7 Å². The molecule has 0 aliphatic carbocycles. The zero-order valence-corrected chi connectivity index (χ0v) is 12.5. The zero-order chi connectivity index (χ0) is 14.2. The molecule has 1 heterocycles. The van der Waals surface area contributed by atoms with Crippen molar-refractivity contribution in [3.8, 4) is 0 Å². The highest BCUT2D eigenvalue weighted by Gasteiger charge is 1.95. The average Bonchev–Trinajstić information content (AvgIpc) is 2.46. The van der Waals surface area contributed by atoms with E-state index in [-0.39, 0.29) is 0 Å². The molecule has 2 rings (SSSR count). The van der Waals surface area contributed by atoms with Crippen molar-refractivity contribution in [3.05, 3.63) is 54.2 Å². The number of fused-ring (bicyclic) bond motifs is 1. The highest BCUT2D eigenvalue weighted by Crippen LogP contribution is 2.12. The molecule has 0 atom stereocenters. The molecular weight excluding hydrogens is 244 g/mol. The van der Waals surface area contributed by atoms with Gasteiger partial charge in [-0.3, -0.25) is 4.98 Å². The topological polar surface area (TPSA) is 24.9 Å². The van der Waals surface area contributed by atoms with Crippen LogP contribution in [-0.4, -0.2) is 18.1 Å². The molecule has 0 saturated carbocycles. The van der Waals surface area contributed by atoms with Crippen molar-refractivity contribution in [2.24, 2.45) is 5.92 Å². The summed E-state index contributed by atoms with van der Waals surface area (Å²) in [6.07, 6.45) is 6.45. The molecule has 1 aromatic heterocycles. The Morgan fingerprint density at radius 2 is 1.95 bits per heavy atom. The van der Waals surface area contributed by atoms with Gasteiger partial charge >= 0.3 is 0 Å². The van der Waals surface area contributed by atoms with Gasteiger partial charge in [-0.25, -0.2) is 0 Å². The molecular formula is C18H24N2. The largest absolute Gasteiger partial charge is 0.316 e. The second-order valence-electron chi connectivity index (χ2n) is 5.56. The molecule has 0 spiro atoms. The number of pyridine rings is 1. The summed E-state index contributed by atoms with van der Waals surface area (Å²) in [5, 5.41) is 4.65. The van der Waals surface area contributed by atoms with Gasteiger partial charge in [0.1, 0.15) is 0 Å². The molecule has 2 nitrogen and oxygen atoms in total. The molecule has 1 N–H and O–H groups in total. The minimum atomic E-state index is 0.723. The number of nitrogens with zero attached hydrogens (tertiary/aromatic N) is 1. The number of para-hydroxylation sites is 1. The van der Waals surface area contributed by atoms with Crippen LogP contribution in [0.2, 0.25) is 0 Å². The third-order valence-electron chi connectivity index (χ3n) is 3.19. The van der Waals surface area contributed by atoms with E-state index >= 15 is 0 Å². The fourth-order valence-electron chi connectivity index (χ4n) is 2.12. The van der Waals surface area contributed by atoms with E-state index in [4.69, 9.17) is 0 Å². The fourth-order valence-corrected chi connectivity index (χ4v) is 2.12. The molecule has 0 aliphatic rings. The van der Waals surface area contributed by atoms with Crippen LogP contribution in [-0.2, 0) is 6.42 Å². The van der Waals surface area contributed by atoms with E-state index in [0.717, 1.165) is 43.1 Å². The molecule has 106 valence electrons. The second-order valence-corrected chi connectivity index (χ2v) is 5.56. The van der Waals surface area contributed by atoms with Crippen LogP contribution in [0, 0.1) is 5.92 Å². The van der Waals surface area contributed by atoms with Crippen molar-refractivity contribution in [2.75, 3.05) is 13.1 Å². The van der Waals surface area contributed by atoms with Crippen LogP contribution in [0.15, 0.2) is 48.6 Å². The number of rotatable bonds is 7. The lowest BCUT2D eigenvalue weighted by Gasteiger charge is -2.04. The van der Waals surface area contributed by atoms with E-state index in [9.17, 15) is 0 Å². The summed E-state index contributed by atoms with van der Waals surface area (Å²) in [6, 6.07) is 12.5. The second kappa shape index (κ2) is 7.81. The van der Waals surface area contributed by atoms with Gasteiger partial charge in [-0.05, 0) is 37.6 Å². The summed E-state index contributed by atoms with van der Waals surface area (Å²) in [5.74, 6) is 0.723. The quantitative estimate of drug-likeness (QED) is 0.607. The standard InChI is InChI=1S/C18H24N2/c1-15(2)14-19-13-7-3-4-9-17-12-11-16-8-5-6-10-18(16)20-17/h3-6,8,10-12,15,19H,7,9,13-14H2,1-2H3. The molecule has 2 aromatic rings. The van der Waals surface area contributed by atoms with Crippen LogP contribution in [0.3, 0.4) is 0 Å². The molecule has 0 radical (unpaired) electrons. The van der Waals surface area contributed by atoms with Crippen LogP contribution < -0.4 is 5.32 Å². The molecule has 0 fully saturated rings. The molecule has 0 amide bonds. The van der Waals surface area contributed by atoms with Gasteiger partial charge in [-0.15, -0.1) is 0 Å². The lowest BCUT2D eigenvalue weighted by atomic mass is 10.1. The highest BCUT2D eigenvalue weighted by atomic mass is 14.8. The Bertz CT molecular complexity index is 558. The third kappa shape index (κ3) is 4.78. The minimum absolute atomic E-state index is 0.723. The first-order valence-corrected chi connectivity index (χ1v) is 7.46. The van der Waals surface area contributed by atoms with Crippen molar-refractivity contribution in [3.63, 3.8) is 0 Å². The maximum Gasteiger partial charge on any atom is 0.0705 e. The summed E-state index contributed by atoms with van der Waals surface area (Å²) in [7, 11) is 0. The van der Waals surface area contributed by atoms with Crippen LogP contribution in [0.25, 0.3) is 10.9 Å². The summed E-state index contributed by atoms with van der Waals surface area (Å²) in [5.41, 5.74) is 2.21. The molecule has 2 heteroatoms. The van der Waals surface area contributed by atoms with Gasteiger partial charge in [0, 0.05) is 17.5 Å². The van der Waals surface area contributed by atoms with Crippen molar-refractivity contribution in [1.29, 1.82) is 0 Å². The van der Waals surface area contributed by atoms with E-state index in [1.807, 2.05) is 12.1 Å². The van der Waals surface area contributed by atoms with Gasteiger partial charge in [0.05, 0.1) is 5.52 Å². The smallest absolute Gasteiger partial charge is 0.0705 e. The Morgan fingerprint density at radius 3 is 2.80 bits per heavy atom. The zero-order valence-electron chi connectivity index (χ0n) is 12.5. The van der Waals surface area contributed by atoms with Gasteiger partial charge in [0.25, 0.3) is 0 Å². The Kier molecular flexibility index (Phi) is 5.75. The Morgan fingerprint density at radius 1 is 1.10 bits per heavy atom. The van der Waals surface area contributed by atoms with Gasteiger partial charge in [-0.2, -0.15) is 0 Å². The monoisotopic (exact) mass is 268 g/mol. The summed E-state index contributed by atoms with van der Waals surface area (Å²) in [6.45, 7) is 6.61. The number of aromatic nitrogens is 1. The highest BCUT2D eigenvalue weighted by molar-refractivity contribution is 5.78. The molecule has 0 unspecified atom stereocenters. The van der Waals surface area contributed by atoms with Gasteiger partial charge in [0.2, 0.25) is 0 Å². The lowest BCUT2D eigenvalue weighted by Crippen LogP contribution is -2.20. The van der Waals surface area contributed by atoms with E-state index in [0.29, 0.717) is 0 Å². The lowest BCUT2D eigenvalue weighted by molar-refractivity contribution is 0.556. The molecule has 20 heavy (non-hydrogen) atoms. The van der Waals surface area contributed by atoms with Crippen molar-refractivity contribution >= 4 is 10.9 Å². The molecule has 0 bridgehead atoms. The SMILES string of the molecule is CC(C)CNCCC=CCc1ccc2ccccc2n1. The van der Waals surface area contributed by atoms with E-state index in [1.54, 1.807) is 0 Å². The Hall–Kier alpha value is -1.67. The predicted octanol–water partition coefficient (Wildman–Crippen LogP) is 3.97. The normalized spacial score (nSPS) is 11.8. The van der Waals surface area contributed by atoms with Crippen molar-refractivity contribution < 1.29 is 0 Å². The molecule has 0 aliphatic heterocycles. The number of hydrogen-bond donors (Lipinski definition) is 1. The summed E-state index contributed by atoms with van der Waals surface area (Å²) in [4.78, 5) is 4.67. The van der Waals surface area contributed by atoms with E-state index in [2.05, 4.69) is 60.6 Å². The average molecular weight is 268 g/mol. The first-order valence-electron chi connectivity index (χ1n) is 7.46. The van der Waals surface area contributed by atoms with Crippen LogP contribution in [0.1, 0.15) is 26.0 Å². The minimum Gasteiger partial charge on any atom is -0.316 e. The molecule has 1 aromatic carbocycles. The first-order chi connectivity index (χ1) is 9.75. The first kappa shape index (κ1) is 14.7. The third-order valence-corrected chi connectivity index (χ3v) is 3.19. The van der Waals surface area contributed by atoms with Gasteiger partial charge in [-0.1, -0.05) is 50.3 Å². The van der Waals surface area contributed by atoms with Gasteiger partial charge < -0.3 is 5.32 Å². The Labute approximate surface area is 121 Å². The number of nitrogens with one attached hydrogen (secondary N) is 1. The van der Waals surface area contributed by atoms with E-state index < -0.39 is 0 Å². The predicted molar refractivity (Wildman–Crippen MR) is 86.9 cm³/mol. The van der Waals surface area contributed by atoms with Crippen LogP contribution in [0.4, 0.5) is 0 Å². The van der Waals surface area contributed by atoms with Gasteiger partial charge in [0.15, 0.2) is 0 Å². The Balaban J connectivity index is 1.77. The summed E-state index contributed by atoms with van der Waals surface area (Å²) >= 11 is 0. The molecule has 0 saturated heterocycles. The van der Waals surface area contributed by atoms with Crippen LogP contribution in [0.5, 0.6) is 0 Å². The number of allylic oxidation sites excluding steroid dienone is 1. The number of hydrogen-bond acceptors (Lipinski definition) is 2. The summed E-state index contributed by atoms with van der Waals surface area (Å²) < 4.78 is 0. The van der Waals surface area contributed by atoms with Crippen LogP contribution >= 0.6 is 0 Å². The maximum absolute atomic E-state index is 4.67. The fraction of sp³-hybridized carbons (Fsp3) is 0.389. The maximum atomic E-state index is 4.67. The number of benzene rings is 1.